The van der Waals surface area contributed by atoms with E-state index in [0.29, 0.717) is 18.8 Å². The third-order valence-electron chi connectivity index (χ3n) is 3.52. The number of benzene rings is 1. The first-order valence-corrected chi connectivity index (χ1v) is 8.00. The van der Waals surface area contributed by atoms with E-state index in [1.807, 2.05) is 37.3 Å². The van der Waals surface area contributed by atoms with Gasteiger partial charge in [-0.3, -0.25) is 4.98 Å². The van der Waals surface area contributed by atoms with Gasteiger partial charge in [-0.25, -0.2) is 4.79 Å². The fourth-order valence-electron chi connectivity index (χ4n) is 2.27. The molecular formula is C19H19N3O3. The molecule has 0 aliphatic carbocycles. The molecule has 2 heterocycles. The Kier molecular flexibility index (Phi) is 5.31. The molecule has 0 radical (unpaired) electrons. The zero-order chi connectivity index (χ0) is 17.5. The van der Waals surface area contributed by atoms with Gasteiger partial charge in [0.1, 0.15) is 5.75 Å². The average molecular weight is 337 g/mol. The first kappa shape index (κ1) is 16.6. The molecule has 3 aromatic rings. The molecule has 0 atom stereocenters. The summed E-state index contributed by atoms with van der Waals surface area (Å²) in [6.45, 7) is 2.93. The number of nitrogens with zero attached hydrogens (tertiary/aromatic N) is 1. The number of furan rings is 1. The van der Waals surface area contributed by atoms with Crippen LogP contribution in [0.2, 0.25) is 0 Å². The molecule has 3 rings (SSSR count). The summed E-state index contributed by atoms with van der Waals surface area (Å²) in [4.78, 5) is 16.3. The van der Waals surface area contributed by atoms with Gasteiger partial charge in [-0.15, -0.1) is 0 Å². The molecule has 6 heteroatoms. The Hall–Kier alpha value is -3.28. The standard InChI is InChI=1S/C19H19N3O3/c1-2-25-17-6-4-16(5-7-17)22-19(23)21-12-14-3-8-18(20-11-14)15-9-10-24-13-15/h3-11,13H,2,12H2,1H3,(H2,21,22,23). The van der Waals surface area contributed by atoms with Crippen LogP contribution < -0.4 is 15.4 Å². The van der Waals surface area contributed by atoms with Crippen molar-refractivity contribution >= 4 is 11.7 Å². The summed E-state index contributed by atoms with van der Waals surface area (Å²) in [5, 5.41) is 5.58. The summed E-state index contributed by atoms with van der Waals surface area (Å²) >= 11 is 0. The molecule has 2 amide bonds. The van der Waals surface area contributed by atoms with Crippen LogP contribution in [-0.2, 0) is 6.54 Å². The summed E-state index contributed by atoms with van der Waals surface area (Å²) in [6, 6.07) is 12.6. The molecule has 0 saturated carbocycles. The van der Waals surface area contributed by atoms with Crippen LogP contribution in [0.4, 0.5) is 10.5 Å². The van der Waals surface area contributed by atoms with Crippen molar-refractivity contribution in [3.05, 3.63) is 66.8 Å². The average Bonchev–Trinajstić information content (AvgIpc) is 3.17. The van der Waals surface area contributed by atoms with Gasteiger partial charge < -0.3 is 19.8 Å². The second-order valence-electron chi connectivity index (χ2n) is 5.33. The van der Waals surface area contributed by atoms with E-state index < -0.39 is 0 Å². The van der Waals surface area contributed by atoms with E-state index in [-0.39, 0.29) is 6.03 Å². The van der Waals surface area contributed by atoms with Gasteiger partial charge in [-0.1, -0.05) is 6.07 Å². The van der Waals surface area contributed by atoms with E-state index in [1.54, 1.807) is 30.9 Å². The van der Waals surface area contributed by atoms with E-state index >= 15 is 0 Å². The van der Waals surface area contributed by atoms with Crippen molar-refractivity contribution in [1.82, 2.24) is 10.3 Å². The van der Waals surface area contributed by atoms with Gasteiger partial charge in [-0.05, 0) is 48.9 Å². The van der Waals surface area contributed by atoms with Crippen LogP contribution in [0.25, 0.3) is 11.3 Å². The zero-order valence-corrected chi connectivity index (χ0v) is 13.9. The Morgan fingerprint density at radius 1 is 1.16 bits per heavy atom. The minimum absolute atomic E-state index is 0.275. The molecule has 2 aromatic heterocycles. The van der Waals surface area contributed by atoms with Crippen molar-refractivity contribution in [3.8, 4) is 17.0 Å². The van der Waals surface area contributed by atoms with E-state index in [9.17, 15) is 4.79 Å². The van der Waals surface area contributed by atoms with Crippen LogP contribution in [0, 0.1) is 0 Å². The van der Waals surface area contributed by atoms with Crippen LogP contribution >= 0.6 is 0 Å². The molecule has 0 saturated heterocycles. The predicted molar refractivity (Wildman–Crippen MR) is 95.4 cm³/mol. The third kappa shape index (κ3) is 4.60. The lowest BCUT2D eigenvalue weighted by atomic mass is 10.2. The zero-order valence-electron chi connectivity index (χ0n) is 13.9. The molecule has 0 spiro atoms. The number of hydrogen-bond acceptors (Lipinski definition) is 4. The number of anilines is 1. The summed E-state index contributed by atoms with van der Waals surface area (Å²) in [7, 11) is 0. The number of pyridine rings is 1. The third-order valence-corrected chi connectivity index (χ3v) is 3.52. The Labute approximate surface area is 145 Å². The first-order chi connectivity index (χ1) is 12.2. The SMILES string of the molecule is CCOc1ccc(NC(=O)NCc2ccc(-c3ccoc3)nc2)cc1. The quantitative estimate of drug-likeness (QED) is 0.711. The van der Waals surface area contributed by atoms with Gasteiger partial charge in [-0.2, -0.15) is 0 Å². The maximum Gasteiger partial charge on any atom is 0.319 e. The molecular weight excluding hydrogens is 318 g/mol. The van der Waals surface area contributed by atoms with Crippen LogP contribution in [0.15, 0.2) is 65.6 Å². The number of ether oxygens (including phenoxy) is 1. The van der Waals surface area contributed by atoms with Crippen LogP contribution in [-0.4, -0.2) is 17.6 Å². The van der Waals surface area contributed by atoms with Crippen LogP contribution in [0.5, 0.6) is 5.75 Å². The molecule has 128 valence electrons. The highest BCUT2D eigenvalue weighted by Crippen LogP contribution is 2.17. The number of carbonyl (C=O) groups excluding carboxylic acids is 1. The van der Waals surface area contributed by atoms with Gasteiger partial charge in [0, 0.05) is 24.0 Å². The second kappa shape index (κ2) is 8.01. The van der Waals surface area contributed by atoms with E-state index in [0.717, 1.165) is 22.6 Å². The highest BCUT2D eigenvalue weighted by atomic mass is 16.5. The number of rotatable bonds is 6. The van der Waals surface area contributed by atoms with Gasteiger partial charge in [0.2, 0.25) is 0 Å². The van der Waals surface area contributed by atoms with Gasteiger partial charge in [0.25, 0.3) is 0 Å². The Bertz CT molecular complexity index is 797. The lowest BCUT2D eigenvalue weighted by molar-refractivity contribution is 0.251. The monoisotopic (exact) mass is 337 g/mol. The number of amides is 2. The number of aromatic nitrogens is 1. The number of carbonyl (C=O) groups is 1. The molecule has 0 bridgehead atoms. The molecule has 6 nitrogen and oxygen atoms in total. The van der Waals surface area contributed by atoms with E-state index in [2.05, 4.69) is 15.6 Å². The Morgan fingerprint density at radius 2 is 2.00 bits per heavy atom. The maximum absolute atomic E-state index is 12.0. The molecule has 0 aliphatic rings. The number of nitrogens with one attached hydrogen (secondary N) is 2. The molecule has 2 N–H and O–H groups in total. The lowest BCUT2D eigenvalue weighted by Gasteiger charge is -2.09. The van der Waals surface area contributed by atoms with Crippen molar-refractivity contribution < 1.29 is 13.9 Å². The number of hydrogen-bond donors (Lipinski definition) is 2. The fourth-order valence-corrected chi connectivity index (χ4v) is 2.27. The van der Waals surface area contributed by atoms with Crippen molar-refractivity contribution in [2.45, 2.75) is 13.5 Å². The normalized spacial score (nSPS) is 10.3. The van der Waals surface area contributed by atoms with Gasteiger partial charge in [0.05, 0.1) is 24.8 Å². The lowest BCUT2D eigenvalue weighted by Crippen LogP contribution is -2.28. The first-order valence-electron chi connectivity index (χ1n) is 8.00. The Balaban J connectivity index is 1.50. The molecule has 0 aliphatic heterocycles. The highest BCUT2D eigenvalue weighted by molar-refractivity contribution is 5.89. The molecule has 1 aromatic carbocycles. The van der Waals surface area contributed by atoms with Gasteiger partial charge >= 0.3 is 6.03 Å². The predicted octanol–water partition coefficient (Wildman–Crippen LogP) is 4.06. The molecule has 0 unspecified atom stereocenters. The van der Waals surface area contributed by atoms with Crippen LogP contribution in [0.1, 0.15) is 12.5 Å². The second-order valence-corrected chi connectivity index (χ2v) is 5.33. The minimum atomic E-state index is -0.275. The van der Waals surface area contributed by atoms with Crippen molar-refractivity contribution in [2.75, 3.05) is 11.9 Å². The maximum atomic E-state index is 12.0. The summed E-state index contributed by atoms with van der Waals surface area (Å²) in [5.41, 5.74) is 3.37. The topological polar surface area (TPSA) is 76.4 Å². The van der Waals surface area contributed by atoms with Crippen LogP contribution in [0.3, 0.4) is 0 Å². The fraction of sp³-hybridized carbons (Fsp3) is 0.158. The largest absolute Gasteiger partial charge is 0.494 e. The molecule has 0 fully saturated rings. The Morgan fingerprint density at radius 3 is 2.64 bits per heavy atom. The smallest absolute Gasteiger partial charge is 0.319 e. The van der Waals surface area contributed by atoms with Crippen molar-refractivity contribution in [2.24, 2.45) is 0 Å². The number of urea groups is 1. The minimum Gasteiger partial charge on any atom is -0.494 e. The summed E-state index contributed by atoms with van der Waals surface area (Å²) < 4.78 is 10.4. The van der Waals surface area contributed by atoms with E-state index in [1.165, 1.54) is 0 Å². The summed E-state index contributed by atoms with van der Waals surface area (Å²) in [6.07, 6.45) is 4.99. The summed E-state index contributed by atoms with van der Waals surface area (Å²) in [5.74, 6) is 0.775. The van der Waals surface area contributed by atoms with Gasteiger partial charge in [0.15, 0.2) is 0 Å². The highest BCUT2D eigenvalue weighted by Gasteiger charge is 2.04. The van der Waals surface area contributed by atoms with Crippen molar-refractivity contribution in [3.63, 3.8) is 0 Å². The van der Waals surface area contributed by atoms with E-state index in [4.69, 9.17) is 9.15 Å². The van der Waals surface area contributed by atoms with Crippen molar-refractivity contribution in [1.29, 1.82) is 0 Å². The molecule has 25 heavy (non-hydrogen) atoms.